The number of sulfonamides is 1. The van der Waals surface area contributed by atoms with Crippen molar-refractivity contribution in [1.29, 1.82) is 0 Å². The van der Waals surface area contributed by atoms with E-state index in [1.54, 1.807) is 18.2 Å². The molecule has 0 atom stereocenters. The van der Waals surface area contributed by atoms with Crippen molar-refractivity contribution in [2.45, 2.75) is 0 Å². The Morgan fingerprint density at radius 1 is 1.00 bits per heavy atom. The third-order valence-corrected chi connectivity index (χ3v) is 3.03. The van der Waals surface area contributed by atoms with Crippen molar-refractivity contribution in [2.24, 2.45) is 0 Å². The molecular weight excluding hydrogens is 272 g/mol. The molecule has 0 amide bonds. The molecule has 6 heteroatoms. The summed E-state index contributed by atoms with van der Waals surface area (Å²) in [7, 11) is -3.48. The maximum Gasteiger partial charge on any atom is 0.229 e. The minimum absolute atomic E-state index is 0.133. The van der Waals surface area contributed by atoms with Crippen LogP contribution in [-0.2, 0) is 10.0 Å². The molecule has 0 saturated carbocycles. The Balaban J connectivity index is 2.56. The number of para-hydroxylation sites is 1. The molecule has 0 saturated heterocycles. The Morgan fingerprint density at radius 2 is 1.68 bits per heavy atom. The zero-order chi connectivity index (χ0) is 14.0. The highest BCUT2D eigenvalue weighted by molar-refractivity contribution is 7.92. The lowest BCUT2D eigenvalue weighted by atomic mass is 10.0. The van der Waals surface area contributed by atoms with Crippen LogP contribution in [0.1, 0.15) is 0 Å². The maximum atomic E-state index is 13.7. The van der Waals surface area contributed by atoms with E-state index in [9.17, 15) is 17.2 Å². The van der Waals surface area contributed by atoms with Crippen molar-refractivity contribution < 1.29 is 17.2 Å². The fraction of sp³-hybridized carbons (Fsp3) is 0.0769. The van der Waals surface area contributed by atoms with Crippen LogP contribution in [0.2, 0.25) is 0 Å². The zero-order valence-electron chi connectivity index (χ0n) is 10.0. The van der Waals surface area contributed by atoms with E-state index < -0.39 is 21.7 Å². The summed E-state index contributed by atoms with van der Waals surface area (Å²) in [4.78, 5) is 0. The van der Waals surface area contributed by atoms with Crippen LogP contribution in [0.3, 0.4) is 0 Å². The van der Waals surface area contributed by atoms with E-state index in [0.717, 1.165) is 18.4 Å². The fourth-order valence-corrected chi connectivity index (χ4v) is 2.29. The summed E-state index contributed by atoms with van der Waals surface area (Å²) in [5, 5.41) is 0. The van der Waals surface area contributed by atoms with Crippen LogP contribution >= 0.6 is 0 Å². The number of nitrogens with one attached hydrogen (secondary N) is 1. The van der Waals surface area contributed by atoms with E-state index in [-0.39, 0.29) is 11.3 Å². The Kier molecular flexibility index (Phi) is 3.53. The first kappa shape index (κ1) is 13.5. The third kappa shape index (κ3) is 3.29. The van der Waals surface area contributed by atoms with Gasteiger partial charge in [-0.05, 0) is 18.2 Å². The van der Waals surface area contributed by atoms with E-state index in [0.29, 0.717) is 5.56 Å². The Bertz CT molecular complexity index is 714. The summed E-state index contributed by atoms with van der Waals surface area (Å²) in [5.41, 5.74) is 0.731. The van der Waals surface area contributed by atoms with Gasteiger partial charge < -0.3 is 0 Å². The minimum Gasteiger partial charge on any atom is -0.283 e. The van der Waals surface area contributed by atoms with Crippen molar-refractivity contribution >= 4 is 15.7 Å². The molecule has 0 aliphatic carbocycles. The lowest BCUT2D eigenvalue weighted by Crippen LogP contribution is -2.10. The predicted octanol–water partition coefficient (Wildman–Crippen LogP) is 3.00. The van der Waals surface area contributed by atoms with Gasteiger partial charge in [-0.25, -0.2) is 17.2 Å². The molecule has 0 heterocycles. The van der Waals surface area contributed by atoms with Gasteiger partial charge >= 0.3 is 0 Å². The number of benzene rings is 2. The smallest absolute Gasteiger partial charge is 0.229 e. The van der Waals surface area contributed by atoms with Gasteiger partial charge in [-0.15, -0.1) is 0 Å². The van der Waals surface area contributed by atoms with Gasteiger partial charge in [0.05, 0.1) is 11.9 Å². The fourth-order valence-electron chi connectivity index (χ4n) is 1.71. The average Bonchev–Trinajstić information content (AvgIpc) is 2.28. The van der Waals surface area contributed by atoms with Gasteiger partial charge in [0.25, 0.3) is 0 Å². The summed E-state index contributed by atoms with van der Waals surface area (Å²) in [6.45, 7) is 0. The SMILES string of the molecule is CS(=O)(=O)Nc1ccccc1-c1ccc(F)cc1F. The monoisotopic (exact) mass is 283 g/mol. The van der Waals surface area contributed by atoms with Gasteiger partial charge in [0, 0.05) is 17.2 Å². The van der Waals surface area contributed by atoms with Crippen LogP contribution < -0.4 is 4.72 Å². The summed E-state index contributed by atoms with van der Waals surface area (Å²) >= 11 is 0. The van der Waals surface area contributed by atoms with E-state index in [4.69, 9.17) is 0 Å². The van der Waals surface area contributed by atoms with Gasteiger partial charge in [-0.2, -0.15) is 0 Å². The highest BCUT2D eigenvalue weighted by Gasteiger charge is 2.12. The van der Waals surface area contributed by atoms with Gasteiger partial charge in [0.2, 0.25) is 10.0 Å². The van der Waals surface area contributed by atoms with Crippen LogP contribution in [-0.4, -0.2) is 14.7 Å². The highest BCUT2D eigenvalue weighted by atomic mass is 32.2. The number of halogens is 2. The van der Waals surface area contributed by atoms with Crippen LogP contribution in [0.5, 0.6) is 0 Å². The van der Waals surface area contributed by atoms with E-state index in [2.05, 4.69) is 4.72 Å². The standard InChI is InChI=1S/C13H11F2NO2S/c1-19(17,18)16-13-5-3-2-4-11(13)10-7-6-9(14)8-12(10)15/h2-8,16H,1H3. The molecule has 0 aliphatic heterocycles. The molecule has 0 aromatic heterocycles. The quantitative estimate of drug-likeness (QED) is 0.941. The highest BCUT2D eigenvalue weighted by Crippen LogP contribution is 2.30. The van der Waals surface area contributed by atoms with E-state index in [1.807, 2.05) is 0 Å². The lowest BCUT2D eigenvalue weighted by molar-refractivity contribution is 0.585. The molecule has 0 radical (unpaired) electrons. The second kappa shape index (κ2) is 4.97. The predicted molar refractivity (Wildman–Crippen MR) is 70.3 cm³/mol. The second-order valence-corrected chi connectivity index (χ2v) is 5.79. The number of anilines is 1. The number of hydrogen-bond acceptors (Lipinski definition) is 2. The van der Waals surface area contributed by atoms with Crippen molar-refractivity contribution in [1.82, 2.24) is 0 Å². The molecule has 0 aliphatic rings. The zero-order valence-corrected chi connectivity index (χ0v) is 10.8. The molecule has 2 aromatic carbocycles. The summed E-state index contributed by atoms with van der Waals surface area (Å²) in [6, 6.07) is 9.49. The number of hydrogen-bond donors (Lipinski definition) is 1. The number of rotatable bonds is 3. The third-order valence-electron chi connectivity index (χ3n) is 2.44. The molecular formula is C13H11F2NO2S. The Labute approximate surface area is 109 Å². The van der Waals surface area contributed by atoms with Gasteiger partial charge in [0.1, 0.15) is 11.6 Å². The van der Waals surface area contributed by atoms with Crippen LogP contribution in [0.15, 0.2) is 42.5 Å². The average molecular weight is 283 g/mol. The second-order valence-electron chi connectivity index (χ2n) is 4.04. The van der Waals surface area contributed by atoms with Crippen LogP contribution in [0.4, 0.5) is 14.5 Å². The van der Waals surface area contributed by atoms with Crippen molar-refractivity contribution in [3.8, 4) is 11.1 Å². The first-order chi connectivity index (χ1) is 8.87. The Morgan fingerprint density at radius 3 is 2.32 bits per heavy atom. The molecule has 2 aromatic rings. The van der Waals surface area contributed by atoms with Gasteiger partial charge in [-0.1, -0.05) is 18.2 Å². The first-order valence-corrected chi connectivity index (χ1v) is 7.28. The maximum absolute atomic E-state index is 13.7. The lowest BCUT2D eigenvalue weighted by Gasteiger charge is -2.11. The molecule has 100 valence electrons. The van der Waals surface area contributed by atoms with Crippen molar-refractivity contribution in [2.75, 3.05) is 11.0 Å². The van der Waals surface area contributed by atoms with Gasteiger partial charge in [0.15, 0.2) is 0 Å². The molecule has 19 heavy (non-hydrogen) atoms. The first-order valence-electron chi connectivity index (χ1n) is 5.39. The van der Waals surface area contributed by atoms with Crippen LogP contribution in [0.25, 0.3) is 11.1 Å². The van der Waals surface area contributed by atoms with Crippen LogP contribution in [0, 0.1) is 11.6 Å². The minimum atomic E-state index is -3.48. The largest absolute Gasteiger partial charge is 0.283 e. The topological polar surface area (TPSA) is 46.2 Å². The van der Waals surface area contributed by atoms with E-state index >= 15 is 0 Å². The normalized spacial score (nSPS) is 11.3. The van der Waals surface area contributed by atoms with Gasteiger partial charge in [-0.3, -0.25) is 4.72 Å². The molecule has 0 spiro atoms. The van der Waals surface area contributed by atoms with Crippen molar-refractivity contribution in [3.63, 3.8) is 0 Å². The summed E-state index contributed by atoms with van der Waals surface area (Å²) in [6.07, 6.45) is 1.00. The molecule has 3 nitrogen and oxygen atoms in total. The molecule has 1 N–H and O–H groups in total. The molecule has 2 rings (SSSR count). The summed E-state index contributed by atoms with van der Waals surface area (Å²) in [5.74, 6) is -1.43. The molecule has 0 bridgehead atoms. The molecule has 0 unspecified atom stereocenters. The summed E-state index contributed by atoms with van der Waals surface area (Å²) < 4.78 is 51.4. The molecule has 0 fully saturated rings. The Hall–Kier alpha value is -1.95. The van der Waals surface area contributed by atoms with E-state index in [1.165, 1.54) is 12.1 Å². The van der Waals surface area contributed by atoms with Crippen molar-refractivity contribution in [3.05, 3.63) is 54.1 Å².